The second-order valence-electron chi connectivity index (χ2n) is 5.15. The number of para-hydroxylation sites is 1. The number of hydrogen-bond donors (Lipinski definition) is 1. The van der Waals surface area contributed by atoms with E-state index in [1.165, 1.54) is 22.2 Å². The Labute approximate surface area is 119 Å². The Balaban J connectivity index is 1.81. The quantitative estimate of drug-likeness (QED) is 0.753. The lowest BCUT2D eigenvalue weighted by Gasteiger charge is -2.10. The van der Waals surface area contributed by atoms with Crippen LogP contribution >= 0.6 is 0 Å². The molecule has 1 aromatic heterocycles. The molecule has 2 aromatic carbocycles. The summed E-state index contributed by atoms with van der Waals surface area (Å²) in [4.78, 5) is 4.53. The Hall–Kier alpha value is -2.35. The lowest BCUT2D eigenvalue weighted by atomic mass is 10.1. The molecule has 0 unspecified atom stereocenters. The summed E-state index contributed by atoms with van der Waals surface area (Å²) in [6.07, 6.45) is 0. The topological polar surface area (TPSA) is 24.9 Å². The molecule has 20 heavy (non-hydrogen) atoms. The predicted molar refractivity (Wildman–Crippen MR) is 85.0 cm³/mol. The fourth-order valence-electron chi connectivity index (χ4n) is 2.36. The highest BCUT2D eigenvalue weighted by Crippen LogP contribution is 2.18. The molecule has 1 heterocycles. The first-order valence-corrected chi connectivity index (χ1v) is 6.88. The Morgan fingerprint density at radius 1 is 0.950 bits per heavy atom. The summed E-state index contributed by atoms with van der Waals surface area (Å²) in [5, 5.41) is 4.68. The van der Waals surface area contributed by atoms with Gasteiger partial charge in [0, 0.05) is 23.3 Å². The summed E-state index contributed by atoms with van der Waals surface area (Å²) in [5.74, 6) is 0. The number of fused-ring (bicyclic) bond motifs is 1. The van der Waals surface area contributed by atoms with E-state index < -0.39 is 0 Å². The summed E-state index contributed by atoms with van der Waals surface area (Å²) in [7, 11) is 0. The number of hydrogen-bond acceptors (Lipinski definition) is 2. The van der Waals surface area contributed by atoms with Gasteiger partial charge in [0.15, 0.2) is 0 Å². The Kier molecular flexibility index (Phi) is 3.38. The average Bonchev–Trinajstić information content (AvgIpc) is 2.46. The highest BCUT2D eigenvalue weighted by Gasteiger charge is 2.00. The van der Waals surface area contributed by atoms with Crippen molar-refractivity contribution in [1.29, 1.82) is 0 Å². The minimum absolute atomic E-state index is 0.828. The van der Waals surface area contributed by atoms with Crippen molar-refractivity contribution in [2.75, 3.05) is 5.32 Å². The minimum atomic E-state index is 0.828. The molecule has 1 N–H and O–H groups in total. The summed E-state index contributed by atoms with van der Waals surface area (Å²) in [6.45, 7) is 4.97. The molecule has 3 aromatic rings. The molecule has 2 heteroatoms. The molecule has 0 saturated heterocycles. The van der Waals surface area contributed by atoms with Crippen molar-refractivity contribution in [1.82, 2.24) is 4.98 Å². The maximum atomic E-state index is 4.53. The number of nitrogens with zero attached hydrogens (tertiary/aromatic N) is 1. The van der Waals surface area contributed by atoms with Crippen molar-refractivity contribution in [3.05, 3.63) is 71.4 Å². The van der Waals surface area contributed by atoms with E-state index in [9.17, 15) is 0 Å². The van der Waals surface area contributed by atoms with E-state index in [0.29, 0.717) is 0 Å². The van der Waals surface area contributed by atoms with Gasteiger partial charge >= 0.3 is 0 Å². The monoisotopic (exact) mass is 262 g/mol. The summed E-state index contributed by atoms with van der Waals surface area (Å²) < 4.78 is 0. The number of benzene rings is 2. The van der Waals surface area contributed by atoms with Crippen LogP contribution in [0.4, 0.5) is 5.69 Å². The van der Waals surface area contributed by atoms with Crippen LogP contribution in [-0.4, -0.2) is 4.98 Å². The van der Waals surface area contributed by atoms with Crippen LogP contribution in [0.2, 0.25) is 0 Å². The maximum absolute atomic E-state index is 4.53. The van der Waals surface area contributed by atoms with Crippen LogP contribution in [0.25, 0.3) is 10.9 Å². The zero-order valence-corrected chi connectivity index (χ0v) is 11.9. The van der Waals surface area contributed by atoms with Crippen LogP contribution in [0.1, 0.15) is 16.8 Å². The van der Waals surface area contributed by atoms with E-state index in [4.69, 9.17) is 0 Å². The third-order valence-corrected chi connectivity index (χ3v) is 3.52. The van der Waals surface area contributed by atoms with Gasteiger partial charge in [-0.3, -0.25) is 4.98 Å². The fraction of sp³-hybridized carbons (Fsp3) is 0.167. The van der Waals surface area contributed by atoms with Gasteiger partial charge in [-0.1, -0.05) is 30.3 Å². The molecule has 0 atom stereocenters. The lowest BCUT2D eigenvalue weighted by molar-refractivity contribution is 1.14. The molecule has 100 valence electrons. The SMILES string of the molecule is Cc1ccc2cc(CNc3ccccc3C)ccc2n1. The molecule has 3 rings (SSSR count). The zero-order valence-electron chi connectivity index (χ0n) is 11.9. The van der Waals surface area contributed by atoms with Crippen molar-refractivity contribution in [2.24, 2.45) is 0 Å². The normalized spacial score (nSPS) is 10.7. The molecule has 0 amide bonds. The molecule has 0 radical (unpaired) electrons. The molecule has 2 nitrogen and oxygen atoms in total. The van der Waals surface area contributed by atoms with Crippen molar-refractivity contribution < 1.29 is 0 Å². The first-order chi connectivity index (χ1) is 9.72. The summed E-state index contributed by atoms with van der Waals surface area (Å²) in [6, 6.07) is 19.0. The summed E-state index contributed by atoms with van der Waals surface area (Å²) >= 11 is 0. The zero-order chi connectivity index (χ0) is 13.9. The maximum Gasteiger partial charge on any atom is 0.0705 e. The molecular weight excluding hydrogens is 244 g/mol. The van der Waals surface area contributed by atoms with Crippen LogP contribution in [0.15, 0.2) is 54.6 Å². The molecule has 0 fully saturated rings. The molecular formula is C18H18N2. The van der Waals surface area contributed by atoms with Gasteiger partial charge < -0.3 is 5.32 Å². The first kappa shape index (κ1) is 12.7. The van der Waals surface area contributed by atoms with Gasteiger partial charge in [0.1, 0.15) is 0 Å². The van der Waals surface area contributed by atoms with Crippen LogP contribution in [-0.2, 0) is 6.54 Å². The first-order valence-electron chi connectivity index (χ1n) is 6.88. The second-order valence-corrected chi connectivity index (χ2v) is 5.15. The van der Waals surface area contributed by atoms with E-state index in [2.05, 4.69) is 71.8 Å². The van der Waals surface area contributed by atoms with E-state index >= 15 is 0 Å². The van der Waals surface area contributed by atoms with Gasteiger partial charge in [0.2, 0.25) is 0 Å². The fourth-order valence-corrected chi connectivity index (χ4v) is 2.36. The van der Waals surface area contributed by atoms with Crippen molar-refractivity contribution in [2.45, 2.75) is 20.4 Å². The summed E-state index contributed by atoms with van der Waals surface area (Å²) in [5.41, 5.74) is 5.85. The van der Waals surface area contributed by atoms with E-state index in [1.54, 1.807) is 0 Å². The molecule has 0 spiro atoms. The van der Waals surface area contributed by atoms with Gasteiger partial charge in [-0.15, -0.1) is 0 Å². The van der Waals surface area contributed by atoms with Crippen LogP contribution in [0.3, 0.4) is 0 Å². The number of pyridine rings is 1. The second kappa shape index (κ2) is 5.33. The van der Waals surface area contributed by atoms with Gasteiger partial charge in [-0.25, -0.2) is 0 Å². The van der Waals surface area contributed by atoms with Gasteiger partial charge in [0.05, 0.1) is 5.52 Å². The van der Waals surface area contributed by atoms with Gasteiger partial charge in [-0.2, -0.15) is 0 Å². The van der Waals surface area contributed by atoms with Gasteiger partial charge in [0.25, 0.3) is 0 Å². The smallest absolute Gasteiger partial charge is 0.0705 e. The van der Waals surface area contributed by atoms with Crippen LogP contribution in [0.5, 0.6) is 0 Å². The van der Waals surface area contributed by atoms with Crippen LogP contribution < -0.4 is 5.32 Å². The minimum Gasteiger partial charge on any atom is -0.381 e. The third-order valence-electron chi connectivity index (χ3n) is 3.52. The standard InChI is InChI=1S/C18H18N2/c1-13-5-3-4-6-17(13)19-12-15-8-10-18-16(11-15)9-7-14(2)20-18/h3-11,19H,12H2,1-2H3. The number of nitrogens with one attached hydrogen (secondary N) is 1. The molecule has 0 saturated carbocycles. The van der Waals surface area contributed by atoms with Crippen molar-refractivity contribution >= 4 is 16.6 Å². The highest BCUT2D eigenvalue weighted by molar-refractivity contribution is 5.79. The molecule has 0 bridgehead atoms. The van der Waals surface area contributed by atoms with Crippen molar-refractivity contribution in [3.8, 4) is 0 Å². The van der Waals surface area contributed by atoms with E-state index in [0.717, 1.165) is 17.8 Å². The van der Waals surface area contributed by atoms with Crippen molar-refractivity contribution in [3.63, 3.8) is 0 Å². The third kappa shape index (κ3) is 2.64. The average molecular weight is 262 g/mol. The highest BCUT2D eigenvalue weighted by atomic mass is 14.9. The largest absolute Gasteiger partial charge is 0.381 e. The number of aromatic nitrogens is 1. The molecule has 0 aliphatic carbocycles. The number of rotatable bonds is 3. The lowest BCUT2D eigenvalue weighted by Crippen LogP contribution is -2.00. The Morgan fingerprint density at radius 2 is 1.80 bits per heavy atom. The Bertz CT molecular complexity index is 747. The molecule has 0 aliphatic heterocycles. The Morgan fingerprint density at radius 3 is 2.65 bits per heavy atom. The predicted octanol–water partition coefficient (Wildman–Crippen LogP) is 4.46. The van der Waals surface area contributed by atoms with E-state index in [1.807, 2.05) is 6.92 Å². The van der Waals surface area contributed by atoms with Crippen LogP contribution in [0, 0.1) is 13.8 Å². The van der Waals surface area contributed by atoms with E-state index in [-0.39, 0.29) is 0 Å². The number of anilines is 1. The van der Waals surface area contributed by atoms with Gasteiger partial charge in [-0.05, 0) is 49.2 Å². The number of aryl methyl sites for hydroxylation is 2. The molecule has 0 aliphatic rings.